The van der Waals surface area contributed by atoms with Crippen LogP contribution in [0.25, 0.3) is 0 Å². The zero-order valence-corrected chi connectivity index (χ0v) is 12.4. The van der Waals surface area contributed by atoms with E-state index in [0.717, 1.165) is 24.0 Å². The second-order valence-electron chi connectivity index (χ2n) is 5.08. The minimum Gasteiger partial charge on any atom is -0.446 e. The summed E-state index contributed by atoms with van der Waals surface area (Å²) in [5, 5.41) is 2.84. The van der Waals surface area contributed by atoms with Gasteiger partial charge < -0.3 is 15.5 Å². The van der Waals surface area contributed by atoms with Crippen molar-refractivity contribution in [2.24, 2.45) is 5.73 Å². The lowest BCUT2D eigenvalue weighted by molar-refractivity contribution is 0.0946. The van der Waals surface area contributed by atoms with Gasteiger partial charge in [-0.3, -0.25) is 4.79 Å². The van der Waals surface area contributed by atoms with Crippen molar-refractivity contribution < 1.29 is 9.21 Å². The predicted molar refractivity (Wildman–Crippen MR) is 80.7 cm³/mol. The number of amides is 1. The molecule has 0 saturated heterocycles. The van der Waals surface area contributed by atoms with Gasteiger partial charge in [-0.15, -0.1) is 0 Å². The average molecular weight is 287 g/mol. The van der Waals surface area contributed by atoms with Crippen molar-refractivity contribution in [1.29, 1.82) is 0 Å². The summed E-state index contributed by atoms with van der Waals surface area (Å²) in [5.74, 6) is 0.162. The van der Waals surface area contributed by atoms with Crippen LogP contribution in [-0.4, -0.2) is 10.9 Å². The van der Waals surface area contributed by atoms with Crippen LogP contribution in [0.4, 0.5) is 0 Å². The van der Waals surface area contributed by atoms with Crippen LogP contribution in [0.2, 0.25) is 0 Å². The van der Waals surface area contributed by atoms with Gasteiger partial charge in [-0.2, -0.15) is 0 Å². The SMILES string of the molecule is CCCC(N)c1nc(C(=O)NCc2ccccc2C)co1. The maximum atomic E-state index is 12.0. The third-order valence-electron chi connectivity index (χ3n) is 3.37. The quantitative estimate of drug-likeness (QED) is 0.856. The third-order valence-corrected chi connectivity index (χ3v) is 3.37. The molecule has 1 atom stereocenters. The van der Waals surface area contributed by atoms with Crippen molar-refractivity contribution in [2.45, 2.75) is 39.3 Å². The van der Waals surface area contributed by atoms with Gasteiger partial charge in [0.15, 0.2) is 5.69 Å². The normalized spacial score (nSPS) is 12.1. The Balaban J connectivity index is 1.96. The second kappa shape index (κ2) is 7.04. The number of aryl methyl sites for hydroxylation is 1. The van der Waals surface area contributed by atoms with E-state index >= 15 is 0 Å². The fourth-order valence-corrected chi connectivity index (χ4v) is 2.07. The van der Waals surface area contributed by atoms with E-state index < -0.39 is 0 Å². The van der Waals surface area contributed by atoms with Gasteiger partial charge in [0.2, 0.25) is 5.89 Å². The molecule has 1 aromatic heterocycles. The van der Waals surface area contributed by atoms with Crippen LogP contribution >= 0.6 is 0 Å². The minimum absolute atomic E-state index is 0.253. The van der Waals surface area contributed by atoms with Crippen LogP contribution in [0, 0.1) is 6.92 Å². The largest absolute Gasteiger partial charge is 0.446 e. The minimum atomic E-state index is -0.257. The van der Waals surface area contributed by atoms with Gasteiger partial charge in [-0.05, 0) is 24.5 Å². The van der Waals surface area contributed by atoms with Crippen molar-refractivity contribution in [2.75, 3.05) is 0 Å². The monoisotopic (exact) mass is 287 g/mol. The van der Waals surface area contributed by atoms with E-state index in [1.807, 2.05) is 38.1 Å². The van der Waals surface area contributed by atoms with E-state index in [1.165, 1.54) is 6.26 Å². The molecule has 0 radical (unpaired) electrons. The van der Waals surface area contributed by atoms with Gasteiger partial charge >= 0.3 is 0 Å². The topological polar surface area (TPSA) is 81.1 Å². The first-order valence-electron chi connectivity index (χ1n) is 7.15. The number of nitrogens with two attached hydrogens (primary N) is 1. The van der Waals surface area contributed by atoms with E-state index in [0.29, 0.717) is 12.4 Å². The molecule has 0 aliphatic carbocycles. The molecule has 1 heterocycles. The summed E-state index contributed by atoms with van der Waals surface area (Å²) in [6, 6.07) is 7.67. The van der Waals surface area contributed by atoms with Crippen LogP contribution < -0.4 is 11.1 Å². The first kappa shape index (κ1) is 15.3. The lowest BCUT2D eigenvalue weighted by Gasteiger charge is -2.06. The first-order chi connectivity index (χ1) is 10.1. The summed E-state index contributed by atoms with van der Waals surface area (Å²) < 4.78 is 5.28. The molecule has 0 spiro atoms. The fourth-order valence-electron chi connectivity index (χ4n) is 2.07. The standard InChI is InChI=1S/C16H21N3O2/c1-3-6-13(17)16-19-14(10-21-16)15(20)18-9-12-8-5-4-7-11(12)2/h4-5,7-8,10,13H,3,6,9,17H2,1-2H3,(H,18,20). The number of nitrogens with one attached hydrogen (secondary N) is 1. The van der Waals surface area contributed by atoms with Crippen molar-refractivity contribution in [3.63, 3.8) is 0 Å². The first-order valence-corrected chi connectivity index (χ1v) is 7.15. The molecule has 0 fully saturated rings. The summed E-state index contributed by atoms with van der Waals surface area (Å²) in [6.07, 6.45) is 3.08. The Hall–Kier alpha value is -2.14. The Morgan fingerprint density at radius 3 is 2.90 bits per heavy atom. The third kappa shape index (κ3) is 3.92. The number of hydrogen-bond acceptors (Lipinski definition) is 4. The number of carbonyl (C=O) groups excluding carboxylic acids is 1. The summed E-state index contributed by atoms with van der Waals surface area (Å²) in [6.45, 7) is 4.52. The van der Waals surface area contributed by atoms with Crippen LogP contribution in [0.5, 0.6) is 0 Å². The van der Waals surface area contributed by atoms with Crippen molar-refractivity contribution in [3.8, 4) is 0 Å². The lowest BCUT2D eigenvalue weighted by Crippen LogP contribution is -2.23. The predicted octanol–water partition coefficient (Wildman–Crippen LogP) is 2.71. The average Bonchev–Trinajstić information content (AvgIpc) is 2.96. The molecule has 0 saturated carbocycles. The second-order valence-corrected chi connectivity index (χ2v) is 5.08. The Kier molecular flexibility index (Phi) is 5.11. The van der Waals surface area contributed by atoms with Crippen LogP contribution in [0.1, 0.15) is 53.3 Å². The number of carbonyl (C=O) groups is 1. The highest BCUT2D eigenvalue weighted by Crippen LogP contribution is 2.15. The lowest BCUT2D eigenvalue weighted by atomic mass is 10.1. The smallest absolute Gasteiger partial charge is 0.273 e. The van der Waals surface area contributed by atoms with E-state index in [1.54, 1.807) is 0 Å². The Labute approximate surface area is 124 Å². The summed E-state index contributed by atoms with van der Waals surface area (Å²) in [4.78, 5) is 16.2. The molecule has 1 amide bonds. The van der Waals surface area contributed by atoms with Crippen molar-refractivity contribution in [1.82, 2.24) is 10.3 Å². The summed E-state index contributed by atoms with van der Waals surface area (Å²) in [5.41, 5.74) is 8.41. The fraction of sp³-hybridized carbons (Fsp3) is 0.375. The summed E-state index contributed by atoms with van der Waals surface area (Å²) >= 11 is 0. The number of aromatic nitrogens is 1. The number of hydrogen-bond donors (Lipinski definition) is 2. The van der Waals surface area contributed by atoms with Gasteiger partial charge in [0.25, 0.3) is 5.91 Å². The van der Waals surface area contributed by atoms with Crippen molar-refractivity contribution >= 4 is 5.91 Å². The Morgan fingerprint density at radius 1 is 1.43 bits per heavy atom. The number of rotatable bonds is 6. The molecule has 1 aromatic carbocycles. The van der Waals surface area contributed by atoms with Gasteiger partial charge in [0, 0.05) is 6.54 Å². The van der Waals surface area contributed by atoms with Gasteiger partial charge in [0.1, 0.15) is 6.26 Å². The Bertz CT molecular complexity index is 607. The molecule has 2 rings (SSSR count). The molecular formula is C16H21N3O2. The molecule has 0 aliphatic heterocycles. The molecule has 21 heavy (non-hydrogen) atoms. The van der Waals surface area contributed by atoms with E-state index in [9.17, 15) is 4.79 Å². The highest BCUT2D eigenvalue weighted by atomic mass is 16.3. The van der Waals surface area contributed by atoms with E-state index in [2.05, 4.69) is 10.3 Å². The molecular weight excluding hydrogens is 266 g/mol. The van der Waals surface area contributed by atoms with Gasteiger partial charge in [0.05, 0.1) is 6.04 Å². The zero-order valence-electron chi connectivity index (χ0n) is 12.4. The van der Waals surface area contributed by atoms with Crippen molar-refractivity contribution in [3.05, 3.63) is 53.2 Å². The number of oxazole rings is 1. The summed E-state index contributed by atoms with van der Waals surface area (Å²) in [7, 11) is 0. The maximum absolute atomic E-state index is 12.0. The van der Waals surface area contributed by atoms with Crippen LogP contribution in [0.3, 0.4) is 0 Å². The molecule has 0 aliphatic rings. The maximum Gasteiger partial charge on any atom is 0.273 e. The molecule has 0 bridgehead atoms. The highest BCUT2D eigenvalue weighted by molar-refractivity contribution is 5.91. The molecule has 5 nitrogen and oxygen atoms in total. The Morgan fingerprint density at radius 2 is 2.19 bits per heavy atom. The molecule has 5 heteroatoms. The van der Waals surface area contributed by atoms with E-state index in [4.69, 9.17) is 10.2 Å². The van der Waals surface area contributed by atoms with Crippen LogP contribution in [-0.2, 0) is 6.54 Å². The zero-order chi connectivity index (χ0) is 15.2. The molecule has 112 valence electrons. The molecule has 3 N–H and O–H groups in total. The molecule has 2 aromatic rings. The number of nitrogens with zero attached hydrogens (tertiary/aromatic N) is 1. The molecule has 1 unspecified atom stereocenters. The number of benzene rings is 1. The van der Waals surface area contributed by atoms with Crippen LogP contribution in [0.15, 0.2) is 34.9 Å². The van der Waals surface area contributed by atoms with E-state index in [-0.39, 0.29) is 17.6 Å². The van der Waals surface area contributed by atoms with Gasteiger partial charge in [-0.25, -0.2) is 4.98 Å². The van der Waals surface area contributed by atoms with Gasteiger partial charge in [-0.1, -0.05) is 37.6 Å². The highest BCUT2D eigenvalue weighted by Gasteiger charge is 2.16.